The van der Waals surface area contributed by atoms with Gasteiger partial charge in [-0.2, -0.15) is 0 Å². The van der Waals surface area contributed by atoms with Crippen LogP contribution in [0.25, 0.3) is 6.08 Å². The Labute approximate surface area is 127 Å². The summed E-state index contributed by atoms with van der Waals surface area (Å²) in [6.45, 7) is 4.78. The minimum Gasteiger partial charge on any atom is -0.497 e. The third-order valence-electron chi connectivity index (χ3n) is 3.01. The van der Waals surface area contributed by atoms with E-state index in [1.165, 1.54) is 0 Å². The Hall–Kier alpha value is -1.81. The maximum Gasteiger partial charge on any atom is 0.244 e. The second kappa shape index (κ2) is 9.19. The lowest BCUT2D eigenvalue weighted by molar-refractivity contribution is -0.117. The molecular weight excluding hydrogens is 266 g/mol. The van der Waals surface area contributed by atoms with Gasteiger partial charge in [-0.1, -0.05) is 26.0 Å². The molecule has 1 amide bonds. The number of hydrogen-bond acceptors (Lipinski definition) is 3. The van der Waals surface area contributed by atoms with E-state index >= 15 is 0 Å². The third kappa shape index (κ3) is 6.95. The molecule has 0 radical (unpaired) electrons. The Morgan fingerprint density at radius 1 is 1.24 bits per heavy atom. The Balaban J connectivity index is 2.55. The van der Waals surface area contributed by atoms with Crippen LogP contribution in [0.2, 0.25) is 0 Å². The standard InChI is InChI=1S/C17H25NO3/c1-13(2)11-15(12-20-3)18-17(19)10-7-14-5-8-16(21-4)9-6-14/h5-10,13,15H,11-12H2,1-4H3,(H,18,19)/b10-7+. The van der Waals surface area contributed by atoms with E-state index in [1.54, 1.807) is 26.4 Å². The van der Waals surface area contributed by atoms with Crippen molar-refractivity contribution in [3.05, 3.63) is 35.9 Å². The van der Waals surface area contributed by atoms with E-state index in [9.17, 15) is 4.79 Å². The van der Waals surface area contributed by atoms with Crippen molar-refractivity contribution in [2.75, 3.05) is 20.8 Å². The summed E-state index contributed by atoms with van der Waals surface area (Å²) in [4.78, 5) is 11.9. The number of methoxy groups -OCH3 is 2. The zero-order valence-electron chi connectivity index (χ0n) is 13.3. The van der Waals surface area contributed by atoms with E-state index in [0.717, 1.165) is 17.7 Å². The summed E-state index contributed by atoms with van der Waals surface area (Å²) in [6, 6.07) is 7.59. The first-order valence-corrected chi connectivity index (χ1v) is 7.16. The molecule has 0 saturated carbocycles. The number of rotatable bonds is 8. The fourth-order valence-electron chi connectivity index (χ4n) is 2.08. The second-order valence-corrected chi connectivity index (χ2v) is 5.40. The molecule has 1 aromatic rings. The molecule has 21 heavy (non-hydrogen) atoms. The predicted molar refractivity (Wildman–Crippen MR) is 85.3 cm³/mol. The van der Waals surface area contributed by atoms with Gasteiger partial charge < -0.3 is 14.8 Å². The lowest BCUT2D eigenvalue weighted by Gasteiger charge is -2.18. The van der Waals surface area contributed by atoms with E-state index in [1.807, 2.05) is 24.3 Å². The van der Waals surface area contributed by atoms with Crippen LogP contribution in [-0.4, -0.2) is 32.8 Å². The van der Waals surface area contributed by atoms with Gasteiger partial charge in [0.15, 0.2) is 0 Å². The van der Waals surface area contributed by atoms with Gasteiger partial charge in [0.05, 0.1) is 19.8 Å². The van der Waals surface area contributed by atoms with E-state index in [4.69, 9.17) is 9.47 Å². The first kappa shape index (κ1) is 17.2. The summed E-state index contributed by atoms with van der Waals surface area (Å²) in [6.07, 6.45) is 4.23. The highest BCUT2D eigenvalue weighted by atomic mass is 16.5. The van der Waals surface area contributed by atoms with E-state index in [0.29, 0.717) is 12.5 Å². The monoisotopic (exact) mass is 291 g/mol. The summed E-state index contributed by atoms with van der Waals surface area (Å²) in [5, 5.41) is 2.97. The Morgan fingerprint density at radius 2 is 1.90 bits per heavy atom. The maximum atomic E-state index is 11.9. The molecule has 0 aliphatic carbocycles. The van der Waals surface area contributed by atoms with Crippen LogP contribution in [0.5, 0.6) is 5.75 Å². The van der Waals surface area contributed by atoms with Gasteiger partial charge in [0.1, 0.15) is 5.75 Å². The first-order valence-electron chi connectivity index (χ1n) is 7.16. The average Bonchev–Trinajstić information content (AvgIpc) is 2.45. The van der Waals surface area contributed by atoms with E-state index in [2.05, 4.69) is 19.2 Å². The second-order valence-electron chi connectivity index (χ2n) is 5.40. The molecule has 1 rings (SSSR count). The fraction of sp³-hybridized carbons (Fsp3) is 0.471. The van der Waals surface area contributed by atoms with Gasteiger partial charge in [-0.15, -0.1) is 0 Å². The van der Waals surface area contributed by atoms with Gasteiger partial charge in [0, 0.05) is 13.2 Å². The van der Waals surface area contributed by atoms with Crippen molar-refractivity contribution >= 4 is 12.0 Å². The molecule has 0 fully saturated rings. The van der Waals surface area contributed by atoms with Crippen LogP contribution in [0.4, 0.5) is 0 Å². The minimum absolute atomic E-state index is 0.0445. The summed E-state index contributed by atoms with van der Waals surface area (Å²) in [5.74, 6) is 1.21. The van der Waals surface area contributed by atoms with Crippen LogP contribution in [0.1, 0.15) is 25.8 Å². The number of carbonyl (C=O) groups excluding carboxylic acids is 1. The van der Waals surface area contributed by atoms with Gasteiger partial charge in [-0.05, 0) is 36.1 Å². The lowest BCUT2D eigenvalue weighted by atomic mass is 10.0. The molecule has 0 bridgehead atoms. The lowest BCUT2D eigenvalue weighted by Crippen LogP contribution is -2.38. The smallest absolute Gasteiger partial charge is 0.244 e. The van der Waals surface area contributed by atoms with Crippen LogP contribution >= 0.6 is 0 Å². The summed E-state index contributed by atoms with van der Waals surface area (Å²) >= 11 is 0. The van der Waals surface area contributed by atoms with Crippen LogP contribution in [-0.2, 0) is 9.53 Å². The van der Waals surface area contributed by atoms with Crippen molar-refractivity contribution in [1.29, 1.82) is 0 Å². The molecule has 4 nitrogen and oxygen atoms in total. The highest BCUT2D eigenvalue weighted by molar-refractivity contribution is 5.91. The predicted octanol–water partition coefficient (Wildman–Crippen LogP) is 2.89. The average molecular weight is 291 g/mol. The summed E-state index contributed by atoms with van der Waals surface area (Å²) in [7, 11) is 3.27. The number of carbonyl (C=O) groups is 1. The normalized spacial score (nSPS) is 12.6. The Kier molecular flexibility index (Phi) is 7.54. The summed E-state index contributed by atoms with van der Waals surface area (Å²) < 4.78 is 10.2. The molecule has 0 aliphatic heterocycles. The zero-order chi connectivity index (χ0) is 15.7. The SMILES string of the molecule is COCC(CC(C)C)NC(=O)/C=C/c1ccc(OC)cc1. The highest BCUT2D eigenvalue weighted by Crippen LogP contribution is 2.12. The number of hydrogen-bond donors (Lipinski definition) is 1. The first-order chi connectivity index (χ1) is 10.0. The molecule has 0 aromatic heterocycles. The topological polar surface area (TPSA) is 47.6 Å². The van der Waals surface area contributed by atoms with Crippen LogP contribution in [0.3, 0.4) is 0 Å². The molecule has 0 aliphatic rings. The molecule has 0 saturated heterocycles. The largest absolute Gasteiger partial charge is 0.497 e. The quantitative estimate of drug-likeness (QED) is 0.749. The number of nitrogens with one attached hydrogen (secondary N) is 1. The molecule has 116 valence electrons. The minimum atomic E-state index is -0.103. The Bertz CT molecular complexity index is 452. The molecular formula is C17H25NO3. The number of ether oxygens (including phenoxy) is 2. The molecule has 1 unspecified atom stereocenters. The highest BCUT2D eigenvalue weighted by Gasteiger charge is 2.12. The van der Waals surface area contributed by atoms with Crippen LogP contribution in [0.15, 0.2) is 30.3 Å². The number of amides is 1. The van der Waals surface area contributed by atoms with Gasteiger partial charge in [-0.3, -0.25) is 4.79 Å². The maximum absolute atomic E-state index is 11.9. The van der Waals surface area contributed by atoms with Gasteiger partial charge in [0.2, 0.25) is 5.91 Å². The van der Waals surface area contributed by atoms with E-state index < -0.39 is 0 Å². The van der Waals surface area contributed by atoms with E-state index in [-0.39, 0.29) is 11.9 Å². The van der Waals surface area contributed by atoms with Crippen LogP contribution in [0, 0.1) is 5.92 Å². The van der Waals surface area contributed by atoms with Crippen LogP contribution < -0.4 is 10.1 Å². The van der Waals surface area contributed by atoms with Crippen molar-refractivity contribution in [1.82, 2.24) is 5.32 Å². The molecule has 1 atom stereocenters. The molecule has 4 heteroatoms. The number of benzene rings is 1. The van der Waals surface area contributed by atoms with Gasteiger partial charge in [0.25, 0.3) is 0 Å². The van der Waals surface area contributed by atoms with Crippen molar-refractivity contribution in [2.24, 2.45) is 5.92 Å². The van der Waals surface area contributed by atoms with Gasteiger partial charge in [-0.25, -0.2) is 0 Å². The molecule has 1 aromatic carbocycles. The van der Waals surface area contributed by atoms with Gasteiger partial charge >= 0.3 is 0 Å². The van der Waals surface area contributed by atoms with Crippen molar-refractivity contribution in [3.8, 4) is 5.75 Å². The molecule has 0 spiro atoms. The molecule has 0 heterocycles. The van der Waals surface area contributed by atoms with Crippen molar-refractivity contribution in [2.45, 2.75) is 26.3 Å². The third-order valence-corrected chi connectivity index (χ3v) is 3.01. The zero-order valence-corrected chi connectivity index (χ0v) is 13.3. The summed E-state index contributed by atoms with van der Waals surface area (Å²) in [5.41, 5.74) is 0.957. The fourth-order valence-corrected chi connectivity index (χ4v) is 2.08. The van der Waals surface area contributed by atoms with Crippen molar-refractivity contribution < 1.29 is 14.3 Å². The Morgan fingerprint density at radius 3 is 2.43 bits per heavy atom. The van der Waals surface area contributed by atoms with Crippen molar-refractivity contribution in [3.63, 3.8) is 0 Å². The molecule has 1 N–H and O–H groups in total.